The molecule has 2 N–H and O–H groups in total. The summed E-state index contributed by atoms with van der Waals surface area (Å²) in [5, 5.41) is 26.0. The highest BCUT2D eigenvalue weighted by Crippen LogP contribution is 2.35. The van der Waals surface area contributed by atoms with Crippen LogP contribution in [0, 0.1) is 5.92 Å². The van der Waals surface area contributed by atoms with E-state index < -0.39 is 19.9 Å². The Kier molecular flexibility index (Phi) is 8.70. The Morgan fingerprint density at radius 2 is 1.00 bits per heavy atom. The van der Waals surface area contributed by atoms with E-state index in [9.17, 15) is 10.2 Å². The van der Waals surface area contributed by atoms with Crippen molar-refractivity contribution in [1.82, 2.24) is 0 Å². The fourth-order valence-corrected chi connectivity index (χ4v) is 10.4. The van der Waals surface area contributed by atoms with Crippen molar-refractivity contribution < 1.29 is 10.2 Å². The van der Waals surface area contributed by atoms with E-state index in [0.717, 1.165) is 36.4 Å². The second-order valence-corrected chi connectivity index (χ2v) is 13.6. The van der Waals surface area contributed by atoms with Crippen LogP contribution in [-0.2, 0) is 0 Å². The number of aliphatic hydroxyl groups excluding tert-OH is 2. The molecule has 2 nitrogen and oxygen atoms in total. The zero-order valence-electron chi connectivity index (χ0n) is 20.5. The molecule has 4 rings (SSSR count). The van der Waals surface area contributed by atoms with Gasteiger partial charge in [0.25, 0.3) is 0 Å². The fourth-order valence-electron chi connectivity index (χ4n) is 5.47. The Morgan fingerprint density at radius 1 is 0.571 bits per heavy atom. The average Bonchev–Trinajstić information content (AvgIpc) is 2.94. The Balaban J connectivity index is 1.79. The predicted octanol–water partition coefficient (Wildman–Crippen LogP) is 6.06. The molecular weight excluding hydrogens is 444 g/mol. The van der Waals surface area contributed by atoms with Crippen molar-refractivity contribution in [1.29, 1.82) is 0 Å². The first-order valence-corrected chi connectivity index (χ1v) is 15.0. The van der Waals surface area contributed by atoms with Crippen LogP contribution < -0.4 is 10.4 Å². The predicted molar refractivity (Wildman–Crippen MR) is 149 cm³/mol. The first kappa shape index (κ1) is 25.1. The Morgan fingerprint density at radius 3 is 1.46 bits per heavy atom. The van der Waals surface area contributed by atoms with Gasteiger partial charge >= 0.3 is 0 Å². The third-order valence-corrected chi connectivity index (χ3v) is 12.4. The number of rotatable bonds is 11. The van der Waals surface area contributed by atoms with Crippen LogP contribution in [0.2, 0.25) is 6.04 Å². The third-order valence-electron chi connectivity index (χ3n) is 7.32. The van der Waals surface area contributed by atoms with Crippen molar-refractivity contribution in [2.45, 2.75) is 44.1 Å². The Bertz CT molecular complexity index is 1090. The number of aliphatic hydroxyl groups is 2. The molecule has 3 unspecified atom stereocenters. The molecule has 0 bridgehead atoms. The van der Waals surface area contributed by atoms with E-state index in [1.54, 1.807) is 0 Å². The molecule has 0 radical (unpaired) electrons. The Hall–Kier alpha value is -2.98. The van der Waals surface area contributed by atoms with Crippen LogP contribution in [0.1, 0.15) is 49.1 Å². The lowest BCUT2D eigenvalue weighted by molar-refractivity contribution is 0.0993. The van der Waals surface area contributed by atoms with Gasteiger partial charge in [-0.2, -0.15) is 0 Å². The van der Waals surface area contributed by atoms with Crippen LogP contribution in [-0.4, -0.2) is 18.3 Å². The summed E-state index contributed by atoms with van der Waals surface area (Å²) in [7, 11) is -2.69. The minimum absolute atomic E-state index is 0.129. The molecule has 0 saturated heterocycles. The standard InChI is InChI=1S/C32H36O2Si/c1-2-15-26(31(33)27-16-7-3-8-17-27)24-25-35(29-20-11-5-12-21-29,30-22-13-6-14-23-30)32(34)28-18-9-4-10-19-28/h3-14,16-23,26,31-34H,2,15,24-25H2,1H3. The highest BCUT2D eigenvalue weighted by Gasteiger charge is 2.45. The smallest absolute Gasteiger partial charge is 0.154 e. The maximum absolute atomic E-state index is 12.1. The molecule has 0 aromatic heterocycles. The molecule has 0 fully saturated rings. The first-order chi connectivity index (χ1) is 17.2. The number of hydrogen-bond donors (Lipinski definition) is 2. The molecule has 35 heavy (non-hydrogen) atoms. The summed E-state index contributed by atoms with van der Waals surface area (Å²) in [6.07, 6.45) is 2.30. The lowest BCUT2D eigenvalue weighted by atomic mass is 9.90. The fraction of sp³-hybridized carbons (Fsp3) is 0.250. The zero-order valence-corrected chi connectivity index (χ0v) is 21.5. The average molecular weight is 481 g/mol. The normalized spacial score (nSPS) is 14.3. The summed E-state index contributed by atoms with van der Waals surface area (Å²) < 4.78 is 0. The number of hydrogen-bond acceptors (Lipinski definition) is 2. The highest BCUT2D eigenvalue weighted by atomic mass is 28.3. The summed E-state index contributed by atoms with van der Waals surface area (Å²) in [4.78, 5) is 0. The first-order valence-electron chi connectivity index (χ1n) is 12.7. The Labute approximate surface area is 210 Å². The van der Waals surface area contributed by atoms with E-state index in [0.29, 0.717) is 0 Å². The lowest BCUT2D eigenvalue weighted by Crippen LogP contribution is -2.63. The third kappa shape index (κ3) is 5.65. The topological polar surface area (TPSA) is 40.5 Å². The molecular formula is C32H36O2Si. The van der Waals surface area contributed by atoms with Crippen molar-refractivity contribution in [3.05, 3.63) is 132 Å². The second-order valence-electron chi connectivity index (χ2n) is 9.46. The van der Waals surface area contributed by atoms with Crippen LogP contribution in [0.25, 0.3) is 0 Å². The van der Waals surface area contributed by atoms with Gasteiger partial charge in [0.15, 0.2) is 8.07 Å². The molecule has 0 aliphatic carbocycles. The van der Waals surface area contributed by atoms with Crippen molar-refractivity contribution in [3.63, 3.8) is 0 Å². The molecule has 0 spiro atoms. The van der Waals surface area contributed by atoms with Crippen molar-refractivity contribution in [3.8, 4) is 0 Å². The SMILES string of the molecule is CCCC(CC[Si](c1ccccc1)(c1ccccc1)C(O)c1ccccc1)C(O)c1ccccc1. The maximum Gasteiger partial charge on any atom is 0.154 e. The zero-order chi connectivity index (χ0) is 24.5. The van der Waals surface area contributed by atoms with Crippen molar-refractivity contribution in [2.75, 3.05) is 0 Å². The summed E-state index contributed by atoms with van der Waals surface area (Å²) in [6, 6.07) is 42.1. The van der Waals surface area contributed by atoms with Gasteiger partial charge < -0.3 is 10.2 Å². The minimum atomic E-state index is -2.69. The molecule has 4 aromatic rings. The molecule has 4 aromatic carbocycles. The van der Waals surface area contributed by atoms with Gasteiger partial charge in [-0.15, -0.1) is 0 Å². The second kappa shape index (κ2) is 12.1. The van der Waals surface area contributed by atoms with Crippen LogP contribution in [0.4, 0.5) is 0 Å². The van der Waals surface area contributed by atoms with Gasteiger partial charge in [0.1, 0.15) is 0 Å². The monoisotopic (exact) mass is 480 g/mol. The molecule has 0 amide bonds. The van der Waals surface area contributed by atoms with Crippen LogP contribution in [0.3, 0.4) is 0 Å². The molecule has 180 valence electrons. The minimum Gasteiger partial charge on any atom is -0.391 e. The van der Waals surface area contributed by atoms with E-state index in [4.69, 9.17) is 0 Å². The van der Waals surface area contributed by atoms with E-state index in [1.807, 2.05) is 72.8 Å². The van der Waals surface area contributed by atoms with Crippen LogP contribution >= 0.6 is 0 Å². The van der Waals surface area contributed by atoms with Gasteiger partial charge in [0, 0.05) is 0 Å². The lowest BCUT2D eigenvalue weighted by Gasteiger charge is -2.39. The number of benzene rings is 4. The quantitative estimate of drug-likeness (QED) is 0.256. The van der Waals surface area contributed by atoms with Crippen molar-refractivity contribution in [2.24, 2.45) is 5.92 Å². The summed E-state index contributed by atoms with van der Waals surface area (Å²) in [6.45, 7) is 2.18. The highest BCUT2D eigenvalue weighted by molar-refractivity contribution is 7.02. The van der Waals surface area contributed by atoms with E-state index >= 15 is 0 Å². The maximum atomic E-state index is 12.1. The molecule has 0 heterocycles. The summed E-state index contributed by atoms with van der Waals surface area (Å²) in [5.41, 5.74) is 1.34. The molecule has 3 atom stereocenters. The van der Waals surface area contributed by atoms with Gasteiger partial charge in [0.2, 0.25) is 0 Å². The van der Waals surface area contributed by atoms with E-state index in [2.05, 4.69) is 55.5 Å². The van der Waals surface area contributed by atoms with Crippen molar-refractivity contribution >= 4 is 18.4 Å². The van der Waals surface area contributed by atoms with E-state index in [1.165, 1.54) is 10.4 Å². The van der Waals surface area contributed by atoms with Crippen LogP contribution in [0.15, 0.2) is 121 Å². The van der Waals surface area contributed by atoms with Gasteiger partial charge in [-0.1, -0.05) is 145 Å². The molecule has 0 saturated carbocycles. The van der Waals surface area contributed by atoms with E-state index in [-0.39, 0.29) is 5.92 Å². The van der Waals surface area contributed by atoms with Gasteiger partial charge in [-0.25, -0.2) is 0 Å². The summed E-state index contributed by atoms with van der Waals surface area (Å²) in [5.74, 6) is 0.129. The molecule has 0 aliphatic rings. The summed E-state index contributed by atoms with van der Waals surface area (Å²) >= 11 is 0. The van der Waals surface area contributed by atoms with Gasteiger partial charge in [-0.3, -0.25) is 0 Å². The largest absolute Gasteiger partial charge is 0.391 e. The van der Waals surface area contributed by atoms with Gasteiger partial charge in [0.05, 0.1) is 11.8 Å². The molecule has 0 aliphatic heterocycles. The van der Waals surface area contributed by atoms with Crippen LogP contribution in [0.5, 0.6) is 0 Å². The molecule has 3 heteroatoms. The van der Waals surface area contributed by atoms with Gasteiger partial charge in [-0.05, 0) is 35.9 Å².